The molecule has 0 bridgehead atoms. The molecule has 7 nitrogen and oxygen atoms in total. The molecule has 3 heterocycles. The summed E-state index contributed by atoms with van der Waals surface area (Å²) in [6.45, 7) is 1.74. The van der Waals surface area contributed by atoms with E-state index >= 15 is 0 Å². The van der Waals surface area contributed by atoms with Gasteiger partial charge in [-0.3, -0.25) is 14.5 Å². The Morgan fingerprint density at radius 1 is 1.04 bits per heavy atom. The molecule has 2 aliphatic rings. The molecular weight excluding hydrogens is 366 g/mol. The Morgan fingerprint density at radius 3 is 2.48 bits per heavy atom. The minimum Gasteiger partial charge on any atom is -0.332 e. The van der Waals surface area contributed by atoms with Crippen molar-refractivity contribution in [1.29, 1.82) is 0 Å². The van der Waals surface area contributed by atoms with Gasteiger partial charge in [-0.2, -0.15) is 0 Å². The quantitative estimate of drug-likeness (QED) is 0.828. The van der Waals surface area contributed by atoms with Gasteiger partial charge in [0.1, 0.15) is 0 Å². The summed E-state index contributed by atoms with van der Waals surface area (Å²) in [6.07, 6.45) is 1.39. The van der Waals surface area contributed by atoms with Gasteiger partial charge < -0.3 is 9.88 Å². The number of hydrogen-bond donors (Lipinski definition) is 1. The standard InChI is InChI=1S/C19H21N3O4S/c23-18-7-6-15(10-20-18)19(24)22-9-8-21(11-14-4-2-1-3-5-14)16-12-27(25,26)13-17(16)22/h1-7,10,16-17H,8-9,11-13H2,(H,20,23). The summed E-state index contributed by atoms with van der Waals surface area (Å²) in [5, 5.41) is 0. The summed E-state index contributed by atoms with van der Waals surface area (Å²) < 4.78 is 24.7. The Hall–Kier alpha value is -2.45. The van der Waals surface area contributed by atoms with Gasteiger partial charge >= 0.3 is 0 Å². The number of carbonyl (C=O) groups is 1. The molecule has 0 saturated carbocycles. The van der Waals surface area contributed by atoms with Crippen molar-refractivity contribution >= 4 is 15.7 Å². The lowest BCUT2D eigenvalue weighted by Gasteiger charge is -2.44. The molecule has 2 fully saturated rings. The normalized spacial score (nSPS) is 24.5. The highest BCUT2D eigenvalue weighted by molar-refractivity contribution is 7.91. The van der Waals surface area contributed by atoms with E-state index in [4.69, 9.17) is 0 Å². The molecule has 1 N–H and O–H groups in total. The van der Waals surface area contributed by atoms with Gasteiger partial charge in [0.25, 0.3) is 5.91 Å². The van der Waals surface area contributed by atoms with Crippen molar-refractivity contribution in [3.05, 3.63) is 70.1 Å². The fourth-order valence-corrected chi connectivity index (χ4v) is 6.01. The van der Waals surface area contributed by atoms with Crippen LogP contribution in [0.2, 0.25) is 0 Å². The van der Waals surface area contributed by atoms with E-state index < -0.39 is 9.84 Å². The number of aromatic amines is 1. The smallest absolute Gasteiger partial charge is 0.255 e. The first-order chi connectivity index (χ1) is 12.9. The van der Waals surface area contributed by atoms with Crippen LogP contribution in [0.3, 0.4) is 0 Å². The number of nitrogens with one attached hydrogen (secondary N) is 1. The van der Waals surface area contributed by atoms with E-state index in [0.717, 1.165) is 5.56 Å². The van der Waals surface area contributed by atoms with Crippen molar-refractivity contribution in [2.75, 3.05) is 24.6 Å². The predicted molar refractivity (Wildman–Crippen MR) is 101 cm³/mol. The van der Waals surface area contributed by atoms with Crippen LogP contribution in [0.1, 0.15) is 15.9 Å². The number of benzene rings is 1. The van der Waals surface area contributed by atoms with Crippen LogP contribution in [-0.2, 0) is 16.4 Å². The second kappa shape index (κ2) is 6.94. The van der Waals surface area contributed by atoms with Gasteiger partial charge in [0.05, 0.1) is 23.1 Å². The Labute approximate surface area is 157 Å². The van der Waals surface area contributed by atoms with Crippen LogP contribution in [0.4, 0.5) is 0 Å². The van der Waals surface area contributed by atoms with Gasteiger partial charge in [-0.25, -0.2) is 8.42 Å². The Kier molecular flexibility index (Phi) is 4.61. The van der Waals surface area contributed by atoms with Crippen LogP contribution in [0.25, 0.3) is 0 Å². The molecule has 2 aromatic rings. The molecule has 1 aromatic heterocycles. The van der Waals surface area contributed by atoms with Crippen molar-refractivity contribution in [2.24, 2.45) is 0 Å². The predicted octanol–water partition coefficient (Wildman–Crippen LogP) is 0.499. The molecule has 1 aromatic carbocycles. The number of rotatable bonds is 3. The van der Waals surface area contributed by atoms with E-state index in [0.29, 0.717) is 25.2 Å². The lowest BCUT2D eigenvalue weighted by Crippen LogP contribution is -2.60. The Bertz CT molecular complexity index is 983. The molecule has 2 saturated heterocycles. The topological polar surface area (TPSA) is 90.6 Å². The van der Waals surface area contributed by atoms with Crippen molar-refractivity contribution in [1.82, 2.24) is 14.8 Å². The van der Waals surface area contributed by atoms with E-state index in [-0.39, 0.29) is 35.1 Å². The monoisotopic (exact) mass is 387 g/mol. The van der Waals surface area contributed by atoms with Gasteiger partial charge in [0.2, 0.25) is 5.56 Å². The highest BCUT2D eigenvalue weighted by Gasteiger charge is 2.48. The minimum absolute atomic E-state index is 0.0158. The van der Waals surface area contributed by atoms with Crippen LogP contribution in [0.15, 0.2) is 53.5 Å². The van der Waals surface area contributed by atoms with Crippen LogP contribution in [0, 0.1) is 0 Å². The SMILES string of the molecule is O=C(c1ccc(=O)[nH]c1)N1CCN(Cc2ccccc2)C2CS(=O)(=O)CC21. The Morgan fingerprint density at radius 2 is 1.78 bits per heavy atom. The van der Waals surface area contributed by atoms with Crippen molar-refractivity contribution in [2.45, 2.75) is 18.6 Å². The highest BCUT2D eigenvalue weighted by Crippen LogP contribution is 2.29. The maximum atomic E-state index is 12.9. The molecule has 0 aliphatic carbocycles. The van der Waals surface area contributed by atoms with E-state index in [2.05, 4.69) is 9.88 Å². The molecule has 0 spiro atoms. The number of pyridine rings is 1. The molecule has 1 amide bonds. The number of H-pyrrole nitrogens is 1. The number of fused-ring (bicyclic) bond motifs is 1. The Balaban J connectivity index is 1.59. The first-order valence-electron chi connectivity index (χ1n) is 8.91. The summed E-state index contributed by atoms with van der Waals surface area (Å²) >= 11 is 0. The van der Waals surface area contributed by atoms with Crippen LogP contribution in [0.5, 0.6) is 0 Å². The first kappa shape index (κ1) is 17.9. The van der Waals surface area contributed by atoms with Gasteiger partial charge in [-0.15, -0.1) is 0 Å². The zero-order valence-corrected chi connectivity index (χ0v) is 15.6. The summed E-state index contributed by atoms with van der Waals surface area (Å²) in [5.74, 6) is -0.185. The fraction of sp³-hybridized carbons (Fsp3) is 0.368. The molecular formula is C19H21N3O4S. The van der Waals surface area contributed by atoms with Crippen molar-refractivity contribution in [3.63, 3.8) is 0 Å². The third-order valence-corrected chi connectivity index (χ3v) is 7.01. The third kappa shape index (κ3) is 3.68. The number of carbonyl (C=O) groups excluding carboxylic acids is 1. The number of nitrogens with zero attached hydrogens (tertiary/aromatic N) is 2. The summed E-state index contributed by atoms with van der Waals surface area (Å²) in [6, 6.07) is 12.1. The number of piperazine rings is 1. The van der Waals surface area contributed by atoms with Gasteiger partial charge in [0.15, 0.2) is 9.84 Å². The fourth-order valence-electron chi connectivity index (χ4n) is 4.00. The number of amides is 1. The minimum atomic E-state index is -3.20. The molecule has 8 heteroatoms. The van der Waals surface area contributed by atoms with Crippen LogP contribution in [-0.4, -0.2) is 65.8 Å². The van der Waals surface area contributed by atoms with Crippen molar-refractivity contribution in [3.8, 4) is 0 Å². The zero-order valence-electron chi connectivity index (χ0n) is 14.7. The lowest BCUT2D eigenvalue weighted by molar-refractivity contribution is 0.0306. The van der Waals surface area contributed by atoms with Crippen LogP contribution >= 0.6 is 0 Å². The number of sulfone groups is 1. The molecule has 2 aliphatic heterocycles. The van der Waals surface area contributed by atoms with Crippen molar-refractivity contribution < 1.29 is 13.2 Å². The van der Waals surface area contributed by atoms with Gasteiger partial charge in [-0.1, -0.05) is 30.3 Å². The largest absolute Gasteiger partial charge is 0.332 e. The second-order valence-corrected chi connectivity index (χ2v) is 9.26. The molecule has 2 unspecified atom stereocenters. The van der Waals surface area contributed by atoms with E-state index in [1.165, 1.54) is 18.3 Å². The third-order valence-electron chi connectivity index (χ3n) is 5.31. The van der Waals surface area contributed by atoms with E-state index in [1.807, 2.05) is 30.3 Å². The summed E-state index contributed by atoms with van der Waals surface area (Å²) in [7, 11) is -3.20. The van der Waals surface area contributed by atoms with E-state index in [9.17, 15) is 18.0 Å². The summed E-state index contributed by atoms with van der Waals surface area (Å²) in [4.78, 5) is 30.5. The molecule has 2 atom stereocenters. The van der Waals surface area contributed by atoms with Gasteiger partial charge in [-0.05, 0) is 11.6 Å². The van der Waals surface area contributed by atoms with Gasteiger partial charge in [0, 0.05) is 37.9 Å². The first-order valence-corrected chi connectivity index (χ1v) is 10.7. The maximum Gasteiger partial charge on any atom is 0.255 e. The lowest BCUT2D eigenvalue weighted by atomic mass is 10.0. The number of hydrogen-bond acceptors (Lipinski definition) is 5. The average molecular weight is 387 g/mol. The summed E-state index contributed by atoms with van der Waals surface area (Å²) in [5.41, 5.74) is 1.22. The molecule has 142 valence electrons. The molecule has 0 radical (unpaired) electrons. The molecule has 27 heavy (non-hydrogen) atoms. The average Bonchev–Trinajstić information content (AvgIpc) is 2.98. The zero-order chi connectivity index (χ0) is 19.0. The molecule has 4 rings (SSSR count). The van der Waals surface area contributed by atoms with E-state index in [1.54, 1.807) is 4.90 Å². The van der Waals surface area contributed by atoms with Crippen LogP contribution < -0.4 is 5.56 Å². The number of aromatic nitrogens is 1. The second-order valence-electron chi connectivity index (χ2n) is 7.11. The maximum absolute atomic E-state index is 12.9. The highest BCUT2D eigenvalue weighted by atomic mass is 32.2.